The number of nitro groups is 1. The molecule has 5 heteroatoms. The zero-order chi connectivity index (χ0) is 15.5. The molecule has 0 atom stereocenters. The first-order chi connectivity index (χ1) is 9.90. The van der Waals surface area contributed by atoms with Crippen LogP contribution < -0.4 is 5.32 Å². The number of rotatable bonds is 5. The van der Waals surface area contributed by atoms with E-state index in [4.69, 9.17) is 0 Å². The molecule has 0 bridgehead atoms. The van der Waals surface area contributed by atoms with Crippen molar-refractivity contribution in [3.63, 3.8) is 0 Å². The average molecular weight is 286 g/mol. The quantitative estimate of drug-likeness (QED) is 0.653. The first-order valence-corrected chi connectivity index (χ1v) is 6.67. The van der Waals surface area contributed by atoms with E-state index in [1.807, 2.05) is 44.2 Å². The summed E-state index contributed by atoms with van der Waals surface area (Å²) in [6, 6.07) is 13.9. The molecule has 2 aromatic carbocycles. The number of hydrogen-bond acceptors (Lipinski definition) is 4. The molecular formula is C16H18N2O3. The summed E-state index contributed by atoms with van der Waals surface area (Å²) in [5, 5.41) is 23.8. The third-order valence-corrected chi connectivity index (χ3v) is 3.48. The lowest BCUT2D eigenvalue weighted by atomic mass is 9.94. The SMILES string of the molecule is CC(C)(NCc1cc(O)ccc1[N+](=O)[O-])c1ccccc1. The molecule has 0 spiro atoms. The summed E-state index contributed by atoms with van der Waals surface area (Å²) in [4.78, 5) is 10.6. The molecule has 2 N–H and O–H groups in total. The van der Waals surface area contributed by atoms with Gasteiger partial charge in [-0.2, -0.15) is 0 Å². The monoisotopic (exact) mass is 286 g/mol. The Bertz CT molecular complexity index is 639. The molecule has 0 radical (unpaired) electrons. The highest BCUT2D eigenvalue weighted by molar-refractivity contribution is 5.44. The molecule has 0 heterocycles. The molecule has 0 amide bonds. The molecule has 5 nitrogen and oxygen atoms in total. The van der Waals surface area contributed by atoms with Crippen LogP contribution in [0.3, 0.4) is 0 Å². The number of phenols is 1. The number of nitrogens with zero attached hydrogens (tertiary/aromatic N) is 1. The smallest absolute Gasteiger partial charge is 0.274 e. The summed E-state index contributed by atoms with van der Waals surface area (Å²) in [7, 11) is 0. The normalized spacial score (nSPS) is 11.3. The van der Waals surface area contributed by atoms with Crippen LogP contribution in [0.4, 0.5) is 5.69 Å². The fourth-order valence-electron chi connectivity index (χ4n) is 2.16. The van der Waals surface area contributed by atoms with Crippen molar-refractivity contribution in [1.29, 1.82) is 0 Å². The van der Waals surface area contributed by atoms with Gasteiger partial charge in [-0.05, 0) is 31.5 Å². The van der Waals surface area contributed by atoms with E-state index in [0.717, 1.165) is 5.56 Å². The zero-order valence-corrected chi connectivity index (χ0v) is 12.0. The van der Waals surface area contributed by atoms with E-state index >= 15 is 0 Å². The number of benzene rings is 2. The summed E-state index contributed by atoms with van der Waals surface area (Å²) in [5.74, 6) is 0.0231. The van der Waals surface area contributed by atoms with Gasteiger partial charge in [0, 0.05) is 23.7 Å². The molecule has 110 valence electrons. The van der Waals surface area contributed by atoms with Gasteiger partial charge < -0.3 is 10.4 Å². The lowest BCUT2D eigenvalue weighted by molar-refractivity contribution is -0.385. The van der Waals surface area contributed by atoms with E-state index < -0.39 is 4.92 Å². The van der Waals surface area contributed by atoms with Crippen molar-refractivity contribution in [3.8, 4) is 5.75 Å². The van der Waals surface area contributed by atoms with Gasteiger partial charge in [0.05, 0.1) is 4.92 Å². The number of nitro benzene ring substituents is 1. The number of hydrogen-bond donors (Lipinski definition) is 2. The Labute approximate surface area is 123 Å². The number of aromatic hydroxyl groups is 1. The Morgan fingerprint density at radius 1 is 1.19 bits per heavy atom. The van der Waals surface area contributed by atoms with E-state index in [1.165, 1.54) is 18.2 Å². The second-order valence-electron chi connectivity index (χ2n) is 5.41. The lowest BCUT2D eigenvalue weighted by Gasteiger charge is -2.27. The highest BCUT2D eigenvalue weighted by atomic mass is 16.6. The summed E-state index contributed by atoms with van der Waals surface area (Å²) in [5.41, 5.74) is 1.22. The van der Waals surface area contributed by atoms with E-state index in [2.05, 4.69) is 5.32 Å². The van der Waals surface area contributed by atoms with Crippen LogP contribution in [0.1, 0.15) is 25.0 Å². The van der Waals surface area contributed by atoms with E-state index in [0.29, 0.717) is 12.1 Å². The third kappa shape index (κ3) is 3.58. The average Bonchev–Trinajstić information content (AvgIpc) is 2.46. The van der Waals surface area contributed by atoms with Gasteiger partial charge in [0.2, 0.25) is 0 Å². The first-order valence-electron chi connectivity index (χ1n) is 6.67. The van der Waals surface area contributed by atoms with Gasteiger partial charge in [0.25, 0.3) is 5.69 Å². The minimum atomic E-state index is -0.439. The minimum absolute atomic E-state index is 0.00385. The summed E-state index contributed by atoms with van der Waals surface area (Å²) in [6.45, 7) is 4.32. The lowest BCUT2D eigenvalue weighted by Crippen LogP contribution is -2.36. The summed E-state index contributed by atoms with van der Waals surface area (Å²) in [6.07, 6.45) is 0. The molecule has 0 unspecified atom stereocenters. The molecule has 0 aliphatic rings. The van der Waals surface area contributed by atoms with Gasteiger partial charge in [0.15, 0.2) is 0 Å². The fourth-order valence-corrected chi connectivity index (χ4v) is 2.16. The van der Waals surface area contributed by atoms with Crippen LogP contribution in [0.15, 0.2) is 48.5 Å². The van der Waals surface area contributed by atoms with Crippen LogP contribution in [0.5, 0.6) is 5.75 Å². The van der Waals surface area contributed by atoms with Crippen molar-refractivity contribution in [3.05, 3.63) is 69.8 Å². The highest BCUT2D eigenvalue weighted by Gasteiger charge is 2.21. The third-order valence-electron chi connectivity index (χ3n) is 3.48. The maximum Gasteiger partial charge on any atom is 0.274 e. The van der Waals surface area contributed by atoms with Crippen LogP contribution >= 0.6 is 0 Å². The molecule has 0 saturated carbocycles. The van der Waals surface area contributed by atoms with Crippen molar-refractivity contribution < 1.29 is 10.0 Å². The number of nitrogens with one attached hydrogen (secondary N) is 1. The van der Waals surface area contributed by atoms with Crippen LogP contribution in [-0.2, 0) is 12.1 Å². The molecule has 0 aromatic heterocycles. The summed E-state index contributed by atoms with van der Waals surface area (Å²) < 4.78 is 0. The van der Waals surface area contributed by atoms with Crippen molar-refractivity contribution in [2.24, 2.45) is 0 Å². The molecular weight excluding hydrogens is 268 g/mol. The Kier molecular flexibility index (Phi) is 4.23. The van der Waals surface area contributed by atoms with E-state index in [9.17, 15) is 15.2 Å². The topological polar surface area (TPSA) is 75.4 Å². The molecule has 0 fully saturated rings. The van der Waals surface area contributed by atoms with Crippen molar-refractivity contribution in [2.75, 3.05) is 0 Å². The maximum absolute atomic E-state index is 11.0. The Hall–Kier alpha value is -2.40. The molecule has 0 aliphatic carbocycles. The van der Waals surface area contributed by atoms with Crippen LogP contribution in [-0.4, -0.2) is 10.0 Å². The van der Waals surface area contributed by atoms with Crippen LogP contribution in [0.25, 0.3) is 0 Å². The van der Waals surface area contributed by atoms with Crippen molar-refractivity contribution >= 4 is 5.69 Å². The molecule has 0 aliphatic heterocycles. The minimum Gasteiger partial charge on any atom is -0.508 e. The zero-order valence-electron chi connectivity index (χ0n) is 12.0. The summed E-state index contributed by atoms with van der Waals surface area (Å²) >= 11 is 0. The molecule has 2 rings (SSSR count). The predicted octanol–water partition coefficient (Wildman–Crippen LogP) is 3.33. The van der Waals surface area contributed by atoms with Gasteiger partial charge in [-0.1, -0.05) is 30.3 Å². The molecule has 21 heavy (non-hydrogen) atoms. The Balaban J connectivity index is 2.20. The van der Waals surface area contributed by atoms with E-state index in [-0.39, 0.29) is 17.0 Å². The maximum atomic E-state index is 11.0. The highest BCUT2D eigenvalue weighted by Crippen LogP contribution is 2.25. The predicted molar refractivity (Wildman–Crippen MR) is 81.1 cm³/mol. The second kappa shape index (κ2) is 5.93. The molecule has 2 aromatic rings. The van der Waals surface area contributed by atoms with Crippen molar-refractivity contribution in [1.82, 2.24) is 5.32 Å². The van der Waals surface area contributed by atoms with Crippen LogP contribution in [0, 0.1) is 10.1 Å². The Morgan fingerprint density at radius 3 is 2.48 bits per heavy atom. The van der Waals surface area contributed by atoms with Gasteiger partial charge in [-0.25, -0.2) is 0 Å². The van der Waals surface area contributed by atoms with Gasteiger partial charge in [0.1, 0.15) is 5.75 Å². The molecule has 0 saturated heterocycles. The van der Waals surface area contributed by atoms with Crippen LogP contribution in [0.2, 0.25) is 0 Å². The fraction of sp³-hybridized carbons (Fsp3) is 0.250. The van der Waals surface area contributed by atoms with E-state index in [1.54, 1.807) is 0 Å². The number of phenolic OH excluding ortho intramolecular Hbond substituents is 1. The standard InChI is InChI=1S/C16H18N2O3/c1-16(2,13-6-4-3-5-7-13)17-11-12-10-14(19)8-9-15(12)18(20)21/h3-10,17,19H,11H2,1-2H3. The van der Waals surface area contributed by atoms with Gasteiger partial charge >= 0.3 is 0 Å². The first kappa shape index (κ1) is 15.0. The van der Waals surface area contributed by atoms with Gasteiger partial charge in [-0.3, -0.25) is 10.1 Å². The largest absolute Gasteiger partial charge is 0.508 e. The van der Waals surface area contributed by atoms with Gasteiger partial charge in [-0.15, -0.1) is 0 Å². The Morgan fingerprint density at radius 2 is 1.86 bits per heavy atom. The van der Waals surface area contributed by atoms with Crippen molar-refractivity contribution in [2.45, 2.75) is 25.9 Å². The second-order valence-corrected chi connectivity index (χ2v) is 5.41.